The van der Waals surface area contributed by atoms with Crippen LogP contribution in [0.2, 0.25) is 5.02 Å². The van der Waals surface area contributed by atoms with E-state index >= 15 is 0 Å². The Kier molecular flexibility index (Phi) is 6.84. The molecule has 0 spiro atoms. The lowest BCUT2D eigenvalue weighted by Crippen LogP contribution is -2.43. The Labute approximate surface area is 238 Å². The van der Waals surface area contributed by atoms with Crippen molar-refractivity contribution in [3.63, 3.8) is 0 Å². The van der Waals surface area contributed by atoms with Gasteiger partial charge < -0.3 is 5.32 Å². The molecule has 4 heterocycles. The third-order valence-corrected chi connectivity index (χ3v) is 8.44. The predicted molar refractivity (Wildman–Crippen MR) is 161 cm³/mol. The van der Waals surface area contributed by atoms with Crippen LogP contribution in [-0.2, 0) is 12.0 Å². The summed E-state index contributed by atoms with van der Waals surface area (Å²) in [6.07, 6.45) is 7.41. The first-order chi connectivity index (χ1) is 19.3. The Hall–Kier alpha value is -3.75. The first-order valence-electron chi connectivity index (χ1n) is 13.9. The number of para-hydroxylation sites is 1. The van der Waals surface area contributed by atoms with Crippen LogP contribution in [0.3, 0.4) is 0 Å². The molecule has 1 N–H and O–H groups in total. The molecule has 0 saturated carbocycles. The van der Waals surface area contributed by atoms with Gasteiger partial charge in [0.1, 0.15) is 5.39 Å². The maximum Gasteiger partial charge on any atom is 0.270 e. The van der Waals surface area contributed by atoms with Gasteiger partial charge in [0.05, 0.1) is 10.7 Å². The molecule has 40 heavy (non-hydrogen) atoms. The van der Waals surface area contributed by atoms with Gasteiger partial charge in [0.2, 0.25) is 11.7 Å². The Morgan fingerprint density at radius 1 is 1.10 bits per heavy atom. The molecule has 0 amide bonds. The van der Waals surface area contributed by atoms with Crippen molar-refractivity contribution in [2.45, 2.75) is 52.5 Å². The van der Waals surface area contributed by atoms with Crippen LogP contribution >= 0.6 is 11.6 Å². The number of benzene rings is 2. The SMILES string of the molecule is CCC(CC)CN1Cc2cc(Nc3ncc4c(=O)n(-c5ccccc5Cl)c5nccn5c4n3)ccc2C(C)(C)C1. The first kappa shape index (κ1) is 26.5. The van der Waals surface area contributed by atoms with Crippen molar-refractivity contribution in [2.75, 3.05) is 18.4 Å². The number of halogens is 1. The maximum atomic E-state index is 13.6. The van der Waals surface area contributed by atoms with Crippen LogP contribution in [0.5, 0.6) is 0 Å². The van der Waals surface area contributed by atoms with Crippen LogP contribution < -0.4 is 10.9 Å². The minimum atomic E-state index is -0.276. The molecule has 0 fully saturated rings. The van der Waals surface area contributed by atoms with Crippen molar-refractivity contribution in [3.05, 3.63) is 87.6 Å². The number of hydrogen-bond acceptors (Lipinski definition) is 6. The first-order valence-corrected chi connectivity index (χ1v) is 14.3. The third kappa shape index (κ3) is 4.65. The molecule has 0 radical (unpaired) electrons. The zero-order chi connectivity index (χ0) is 28.0. The van der Waals surface area contributed by atoms with E-state index in [4.69, 9.17) is 16.6 Å². The van der Waals surface area contributed by atoms with Gasteiger partial charge in [-0.05, 0) is 41.3 Å². The smallest absolute Gasteiger partial charge is 0.270 e. The topological polar surface area (TPSA) is 80.4 Å². The molecule has 6 rings (SSSR count). The summed E-state index contributed by atoms with van der Waals surface area (Å²) < 4.78 is 3.29. The molecule has 0 unspecified atom stereocenters. The minimum absolute atomic E-state index is 0.0756. The molecule has 0 saturated heterocycles. The van der Waals surface area contributed by atoms with E-state index in [1.54, 1.807) is 35.1 Å². The number of aromatic nitrogens is 5. The molecule has 9 heteroatoms. The summed E-state index contributed by atoms with van der Waals surface area (Å²) in [6, 6.07) is 13.7. The summed E-state index contributed by atoms with van der Waals surface area (Å²) in [7, 11) is 0. The van der Waals surface area contributed by atoms with Crippen molar-refractivity contribution in [2.24, 2.45) is 5.92 Å². The summed E-state index contributed by atoms with van der Waals surface area (Å²) in [5, 5.41) is 4.21. The van der Waals surface area contributed by atoms with Crippen LogP contribution in [0.25, 0.3) is 22.5 Å². The van der Waals surface area contributed by atoms with E-state index in [-0.39, 0.29) is 11.0 Å². The number of imidazole rings is 1. The second kappa shape index (κ2) is 10.3. The molecular weight excluding hydrogens is 522 g/mol. The summed E-state index contributed by atoms with van der Waals surface area (Å²) in [5.41, 5.74) is 4.47. The summed E-state index contributed by atoms with van der Waals surface area (Å²) in [4.78, 5) is 29.9. The molecule has 1 aliphatic rings. The fourth-order valence-corrected chi connectivity index (χ4v) is 6.25. The zero-order valence-corrected chi connectivity index (χ0v) is 24.1. The average molecular weight is 556 g/mol. The molecule has 0 atom stereocenters. The van der Waals surface area contributed by atoms with Crippen molar-refractivity contribution < 1.29 is 0 Å². The quantitative estimate of drug-likeness (QED) is 0.252. The number of nitrogens with zero attached hydrogens (tertiary/aromatic N) is 6. The minimum Gasteiger partial charge on any atom is -0.324 e. The lowest BCUT2D eigenvalue weighted by atomic mass is 9.78. The van der Waals surface area contributed by atoms with Gasteiger partial charge in [-0.2, -0.15) is 4.98 Å². The van der Waals surface area contributed by atoms with Gasteiger partial charge in [0, 0.05) is 49.3 Å². The number of anilines is 2. The van der Waals surface area contributed by atoms with E-state index in [9.17, 15) is 4.79 Å². The van der Waals surface area contributed by atoms with Crippen molar-refractivity contribution >= 4 is 40.0 Å². The molecule has 3 aromatic heterocycles. The highest BCUT2D eigenvalue weighted by atomic mass is 35.5. The molecule has 1 aliphatic heterocycles. The van der Waals surface area contributed by atoms with Gasteiger partial charge >= 0.3 is 0 Å². The highest BCUT2D eigenvalue weighted by molar-refractivity contribution is 6.32. The summed E-state index contributed by atoms with van der Waals surface area (Å²) in [5.74, 6) is 1.57. The summed E-state index contributed by atoms with van der Waals surface area (Å²) >= 11 is 6.44. The second-order valence-corrected chi connectivity index (χ2v) is 11.8. The van der Waals surface area contributed by atoms with Crippen LogP contribution in [0.15, 0.2) is 65.8 Å². The predicted octanol–water partition coefficient (Wildman–Crippen LogP) is 6.35. The molecular formula is C31H34ClN7O. The van der Waals surface area contributed by atoms with Gasteiger partial charge in [-0.15, -0.1) is 0 Å². The van der Waals surface area contributed by atoms with E-state index in [0.717, 1.165) is 25.3 Å². The molecule has 2 aromatic carbocycles. The van der Waals surface area contributed by atoms with Crippen LogP contribution in [0.4, 0.5) is 11.6 Å². The largest absolute Gasteiger partial charge is 0.324 e. The van der Waals surface area contributed by atoms with E-state index in [1.165, 1.54) is 28.5 Å². The standard InChI is InChI=1S/C31H34ClN7O/c1-5-20(6-2)17-37-18-21-15-22(11-12-24(21)31(3,4)19-37)35-29-34-16-23-27(36-29)38-14-13-33-30(38)39(28(23)40)26-10-8-7-9-25(26)32/h7-16,20H,5-6,17-19H2,1-4H3,(H,34,35,36). The monoisotopic (exact) mass is 555 g/mol. The Bertz CT molecular complexity index is 1770. The molecule has 0 aliphatic carbocycles. The normalized spacial score (nSPS) is 15.2. The Morgan fingerprint density at radius 2 is 1.90 bits per heavy atom. The molecule has 5 aromatic rings. The zero-order valence-electron chi connectivity index (χ0n) is 23.4. The number of hydrogen-bond donors (Lipinski definition) is 1. The van der Waals surface area contributed by atoms with Gasteiger partial charge in [-0.25, -0.2) is 14.5 Å². The van der Waals surface area contributed by atoms with E-state index in [2.05, 4.69) is 66.1 Å². The van der Waals surface area contributed by atoms with Crippen LogP contribution in [0.1, 0.15) is 51.7 Å². The van der Waals surface area contributed by atoms with Crippen molar-refractivity contribution in [1.82, 2.24) is 28.8 Å². The third-order valence-electron chi connectivity index (χ3n) is 8.12. The molecule has 206 valence electrons. The number of nitrogens with one attached hydrogen (secondary N) is 1. The van der Waals surface area contributed by atoms with E-state index < -0.39 is 0 Å². The van der Waals surface area contributed by atoms with Gasteiger partial charge in [-0.1, -0.05) is 70.3 Å². The lowest BCUT2D eigenvalue weighted by Gasteiger charge is -2.41. The van der Waals surface area contributed by atoms with Crippen LogP contribution in [0, 0.1) is 5.92 Å². The van der Waals surface area contributed by atoms with Crippen LogP contribution in [-0.4, -0.2) is 41.9 Å². The lowest BCUT2D eigenvalue weighted by molar-refractivity contribution is 0.162. The highest BCUT2D eigenvalue weighted by Gasteiger charge is 2.32. The average Bonchev–Trinajstić information content (AvgIpc) is 3.42. The highest BCUT2D eigenvalue weighted by Crippen LogP contribution is 2.36. The van der Waals surface area contributed by atoms with E-state index in [0.29, 0.717) is 39.4 Å². The molecule has 8 nitrogen and oxygen atoms in total. The fourth-order valence-electron chi connectivity index (χ4n) is 6.03. The Balaban J connectivity index is 1.36. The van der Waals surface area contributed by atoms with Gasteiger partial charge in [-0.3, -0.25) is 14.1 Å². The molecule has 0 bridgehead atoms. The van der Waals surface area contributed by atoms with E-state index in [1.807, 2.05) is 12.1 Å². The number of fused-ring (bicyclic) bond motifs is 4. The Morgan fingerprint density at radius 3 is 2.67 bits per heavy atom. The van der Waals surface area contributed by atoms with Gasteiger partial charge in [0.25, 0.3) is 5.56 Å². The van der Waals surface area contributed by atoms with Gasteiger partial charge in [0.15, 0.2) is 5.65 Å². The fraction of sp³-hybridized carbons (Fsp3) is 0.355. The van der Waals surface area contributed by atoms with Crippen molar-refractivity contribution in [1.29, 1.82) is 0 Å². The van der Waals surface area contributed by atoms with Crippen molar-refractivity contribution in [3.8, 4) is 5.69 Å². The second-order valence-electron chi connectivity index (χ2n) is 11.4. The summed E-state index contributed by atoms with van der Waals surface area (Å²) in [6.45, 7) is 12.3. The maximum absolute atomic E-state index is 13.6. The number of rotatable bonds is 7.